The van der Waals surface area contributed by atoms with E-state index in [0.717, 1.165) is 66.9 Å². The number of benzene rings is 3. The van der Waals surface area contributed by atoms with Gasteiger partial charge in [-0.2, -0.15) is 49.6 Å². The van der Waals surface area contributed by atoms with Crippen molar-refractivity contribution in [2.75, 3.05) is 16.8 Å². The highest BCUT2D eigenvalue weighted by Gasteiger charge is 2.68. The second-order valence-corrected chi connectivity index (χ2v) is 24.8. The predicted molar refractivity (Wildman–Crippen MR) is 258 cm³/mol. The van der Waals surface area contributed by atoms with Crippen LogP contribution in [0.2, 0.25) is 5.02 Å². The summed E-state index contributed by atoms with van der Waals surface area (Å²) in [7, 11) is -13.9. The maximum Gasteiger partial charge on any atom is 0.524 e. The second kappa shape index (κ2) is 20.0. The SMILES string of the molecule is CC(C)(C#Cc1ccc(-c2ccc(Cl)c3c(N(C(=O)Cc4ccc(OP(=O)(O)O)cc4)S(C)(=O)=O)nn(CC(F)(F)F)c23)c([C@H](Cc2cc(F)cc(F)c2)NC(=O)Cn2nc(C(F)(F)F)c3c2C(F)(F)[C@@H]2C[C@H]32)n1)S(C)(=O)=O. The number of sulfone groups is 1. The van der Waals surface area contributed by atoms with Gasteiger partial charge < -0.3 is 9.84 Å². The minimum atomic E-state index is -5.25. The van der Waals surface area contributed by atoms with Crippen molar-refractivity contribution in [2.24, 2.45) is 5.92 Å². The summed E-state index contributed by atoms with van der Waals surface area (Å²) in [6, 6.07) is 8.84. The fourth-order valence-electron chi connectivity index (χ4n) is 8.91. The van der Waals surface area contributed by atoms with Crippen molar-refractivity contribution in [1.82, 2.24) is 29.9 Å². The molecule has 0 saturated heterocycles. The van der Waals surface area contributed by atoms with Crippen LogP contribution >= 0.6 is 19.4 Å². The third kappa shape index (κ3) is 12.0. The van der Waals surface area contributed by atoms with Gasteiger partial charge >= 0.3 is 20.2 Å². The van der Waals surface area contributed by atoms with E-state index in [4.69, 9.17) is 21.4 Å². The van der Waals surface area contributed by atoms with Gasteiger partial charge in [-0.15, -0.1) is 0 Å². The van der Waals surface area contributed by atoms with Crippen LogP contribution in [0, 0.1) is 29.4 Å². The number of phosphoric ester groups is 1. The van der Waals surface area contributed by atoms with Crippen LogP contribution in [0.4, 0.5) is 49.7 Å². The Labute approximate surface area is 440 Å². The highest BCUT2D eigenvalue weighted by atomic mass is 35.5. The average molecular weight is 1180 g/mol. The van der Waals surface area contributed by atoms with Gasteiger partial charge in [0.1, 0.15) is 46.6 Å². The van der Waals surface area contributed by atoms with Crippen molar-refractivity contribution >= 4 is 67.8 Å². The van der Waals surface area contributed by atoms with Crippen molar-refractivity contribution in [3.8, 4) is 28.7 Å². The molecule has 0 aliphatic heterocycles. The summed E-state index contributed by atoms with van der Waals surface area (Å²) in [5.74, 6) is -7.94. The molecular weight excluding hydrogens is 1140 g/mol. The number of amides is 2. The van der Waals surface area contributed by atoms with Crippen molar-refractivity contribution in [3.63, 3.8) is 0 Å². The van der Waals surface area contributed by atoms with Gasteiger partial charge in [-0.25, -0.2) is 35.2 Å². The molecule has 3 aromatic carbocycles. The van der Waals surface area contributed by atoms with Crippen molar-refractivity contribution in [2.45, 2.75) is 81.2 Å². The minimum Gasteiger partial charge on any atom is -0.404 e. The number of hydrogen-bond donors (Lipinski definition) is 3. The van der Waals surface area contributed by atoms with E-state index < -0.39 is 168 Å². The van der Waals surface area contributed by atoms with E-state index in [1.807, 2.05) is 0 Å². The number of pyridine rings is 1. The Balaban J connectivity index is 1.34. The molecule has 3 atom stereocenters. The predicted octanol–water partition coefficient (Wildman–Crippen LogP) is 8.30. The number of carbonyl (C=O) groups excluding carboxylic acids is 2. The number of sulfonamides is 1. The topological polar surface area (TPSA) is 233 Å². The van der Waals surface area contributed by atoms with Gasteiger partial charge in [-0.3, -0.25) is 28.7 Å². The molecule has 0 spiro atoms. The third-order valence-corrected chi connectivity index (χ3v) is 16.3. The van der Waals surface area contributed by atoms with Gasteiger partial charge in [0.2, 0.25) is 21.8 Å². The highest BCUT2D eigenvalue weighted by molar-refractivity contribution is 7.93. The van der Waals surface area contributed by atoms with Gasteiger partial charge in [0.25, 0.3) is 5.92 Å². The number of anilines is 1. The number of phosphoric acid groups is 1. The number of nitrogens with one attached hydrogen (secondary N) is 1. The molecule has 1 fully saturated rings. The molecule has 3 heterocycles. The van der Waals surface area contributed by atoms with E-state index in [9.17, 15) is 66.1 Å². The number of hydrogen-bond acceptors (Lipinski definition) is 11. The molecule has 2 amide bonds. The van der Waals surface area contributed by atoms with Crippen LogP contribution in [-0.2, 0) is 72.0 Å². The molecule has 31 heteroatoms. The number of aromatic nitrogens is 5. The molecule has 0 unspecified atom stereocenters. The Bertz CT molecular complexity index is 3780. The van der Waals surface area contributed by atoms with Crippen LogP contribution in [0.25, 0.3) is 22.0 Å². The van der Waals surface area contributed by atoms with E-state index in [1.165, 1.54) is 13.8 Å². The summed E-state index contributed by atoms with van der Waals surface area (Å²) in [6.07, 6.45) is -10.9. The molecule has 0 radical (unpaired) electrons. The maximum atomic E-state index is 15.6. The summed E-state index contributed by atoms with van der Waals surface area (Å²) in [4.78, 5) is 51.2. The van der Waals surface area contributed by atoms with Gasteiger partial charge in [0.15, 0.2) is 21.3 Å². The van der Waals surface area contributed by atoms with E-state index >= 15 is 8.78 Å². The van der Waals surface area contributed by atoms with E-state index in [0.29, 0.717) is 12.3 Å². The summed E-state index contributed by atoms with van der Waals surface area (Å²) in [5, 5.41) is 8.59. The van der Waals surface area contributed by atoms with Crippen LogP contribution in [0.15, 0.2) is 66.7 Å². The Hall–Kier alpha value is -6.57. The summed E-state index contributed by atoms with van der Waals surface area (Å²) in [6.45, 7) is -0.916. The maximum absolute atomic E-state index is 15.6. The zero-order chi connectivity index (χ0) is 57.6. The minimum absolute atomic E-state index is 0.00863. The van der Waals surface area contributed by atoms with Crippen molar-refractivity contribution in [3.05, 3.63) is 123 Å². The zero-order valence-electron chi connectivity index (χ0n) is 40.4. The van der Waals surface area contributed by atoms with Crippen molar-refractivity contribution < 1.29 is 89.2 Å². The molecule has 8 rings (SSSR count). The Morgan fingerprint density at radius 3 is 2.13 bits per heavy atom. The molecule has 3 N–H and O–H groups in total. The largest absolute Gasteiger partial charge is 0.524 e. The molecule has 17 nitrogen and oxygen atoms in total. The lowest BCUT2D eigenvalue weighted by molar-refractivity contribution is -0.143. The fourth-order valence-corrected chi connectivity index (χ4v) is 10.7. The van der Waals surface area contributed by atoms with Gasteiger partial charge in [0, 0.05) is 34.9 Å². The van der Waals surface area contributed by atoms with Crippen molar-refractivity contribution in [1.29, 1.82) is 0 Å². The van der Waals surface area contributed by atoms with E-state index in [-0.39, 0.29) is 48.2 Å². The Morgan fingerprint density at radius 1 is 0.923 bits per heavy atom. The number of alkyl halides is 8. The molecule has 2 aliphatic carbocycles. The third-order valence-electron chi connectivity index (χ3n) is 12.6. The lowest BCUT2D eigenvalue weighted by Crippen LogP contribution is -2.38. The number of fused-ring (bicyclic) bond motifs is 4. The number of rotatable bonds is 15. The first-order valence-electron chi connectivity index (χ1n) is 22.5. The fraction of sp³-hybridized carbons (Fsp3) is 0.340. The molecule has 0 bridgehead atoms. The first-order chi connectivity index (χ1) is 35.8. The van der Waals surface area contributed by atoms with Crippen LogP contribution in [0.3, 0.4) is 0 Å². The van der Waals surface area contributed by atoms with E-state index in [1.54, 1.807) is 0 Å². The lowest BCUT2D eigenvalue weighted by atomic mass is 9.93. The summed E-state index contributed by atoms with van der Waals surface area (Å²) < 4.78 is 215. The van der Waals surface area contributed by atoms with Gasteiger partial charge in [-0.1, -0.05) is 35.7 Å². The van der Waals surface area contributed by atoms with Gasteiger partial charge in [-0.05, 0) is 92.1 Å². The molecule has 78 heavy (non-hydrogen) atoms. The monoisotopic (exact) mass is 1180 g/mol. The second-order valence-electron chi connectivity index (χ2n) is 18.8. The highest BCUT2D eigenvalue weighted by Crippen LogP contribution is 2.68. The molecule has 1 saturated carbocycles. The number of nitrogens with zero attached hydrogens (tertiary/aromatic N) is 6. The van der Waals surface area contributed by atoms with Crippen LogP contribution in [0.5, 0.6) is 5.75 Å². The Kier molecular flexibility index (Phi) is 14.7. The molecular formula is C47H39ClF10N7O10PS2. The molecule has 6 aromatic rings. The number of halogens is 11. The van der Waals surface area contributed by atoms with Crippen LogP contribution < -0.4 is 14.1 Å². The summed E-state index contributed by atoms with van der Waals surface area (Å²) in [5.41, 5.74) is -6.18. The smallest absolute Gasteiger partial charge is 0.404 e. The molecule has 3 aromatic heterocycles. The zero-order valence-corrected chi connectivity index (χ0v) is 43.7. The first-order valence-corrected chi connectivity index (χ1v) is 28.2. The van der Waals surface area contributed by atoms with E-state index in [2.05, 4.69) is 36.9 Å². The normalized spacial score (nSPS) is 16.7. The lowest BCUT2D eigenvalue weighted by Gasteiger charge is -2.23. The first kappa shape index (κ1) is 57.6. The molecule has 2 aliphatic rings. The molecule has 416 valence electrons. The van der Waals surface area contributed by atoms with Crippen LogP contribution in [-0.4, -0.2) is 86.4 Å². The summed E-state index contributed by atoms with van der Waals surface area (Å²) >= 11 is 6.68. The van der Waals surface area contributed by atoms with Crippen LogP contribution in [0.1, 0.15) is 71.7 Å². The van der Waals surface area contributed by atoms with Gasteiger partial charge in [0.05, 0.1) is 40.3 Å². The quantitative estimate of drug-likeness (QED) is 0.0500. The Morgan fingerprint density at radius 2 is 1.55 bits per heavy atom. The standard InChI is InChI=1S/C47H39ClF10N7O10PS2/c1-44(2,77(3,71)72)14-13-27-7-10-29(39(59-27)34(17-24-15-25(49)19-26(50)16-24)60-35(66)21-63-42-37(41(61-63)47(56,57)58)31-20-32(31)46(42,54)55)30-11-12-33(48)38-40(30)64(22-45(51,52)53)62-43(38)65(78(4,73)74)36(67)18-23-5-8-28(9-6-23)75-76(68,69)70/h5-12,15-16,19,31-32,34H,17-18,20-22H2,1-4H3,(H,60,66)(H2,68,69,70)/t31-,32+,34-/m0/s1. The average Bonchev–Trinajstić information content (AvgIpc) is 3.86. The number of carbonyl (C=O) groups is 2.